The van der Waals surface area contributed by atoms with Crippen LogP contribution in [0.3, 0.4) is 0 Å². The molecular weight excluding hydrogens is 256 g/mol. The van der Waals surface area contributed by atoms with E-state index in [-0.39, 0.29) is 0 Å². The SMILES string of the molecule is CNc1cc(N2CCSC(C)(C)C2)nc(C2CC2)n1. The third kappa shape index (κ3) is 2.96. The first-order valence-corrected chi connectivity index (χ1v) is 8.01. The van der Waals surface area contributed by atoms with E-state index >= 15 is 0 Å². The number of nitrogens with one attached hydrogen (secondary N) is 1. The highest BCUT2D eigenvalue weighted by atomic mass is 32.2. The van der Waals surface area contributed by atoms with E-state index in [0.29, 0.717) is 10.7 Å². The fraction of sp³-hybridized carbons (Fsp3) is 0.714. The quantitative estimate of drug-likeness (QED) is 0.920. The van der Waals surface area contributed by atoms with Crippen LogP contribution in [0.1, 0.15) is 38.4 Å². The Morgan fingerprint density at radius 2 is 2.16 bits per heavy atom. The maximum Gasteiger partial charge on any atom is 0.136 e. The van der Waals surface area contributed by atoms with Gasteiger partial charge in [0.25, 0.3) is 0 Å². The Hall–Kier alpha value is -0.970. The van der Waals surface area contributed by atoms with Gasteiger partial charge in [0.05, 0.1) is 0 Å². The van der Waals surface area contributed by atoms with Crippen LogP contribution in [0.2, 0.25) is 0 Å². The Bertz CT molecular complexity index is 471. The summed E-state index contributed by atoms with van der Waals surface area (Å²) in [5.41, 5.74) is 0. The lowest BCUT2D eigenvalue weighted by Gasteiger charge is -2.38. The van der Waals surface area contributed by atoms with E-state index in [0.717, 1.165) is 30.5 Å². The molecule has 0 radical (unpaired) electrons. The van der Waals surface area contributed by atoms with Crippen molar-refractivity contribution in [2.75, 3.05) is 36.1 Å². The van der Waals surface area contributed by atoms with Crippen LogP contribution in [0.5, 0.6) is 0 Å². The van der Waals surface area contributed by atoms with Crippen molar-refractivity contribution in [2.24, 2.45) is 0 Å². The number of nitrogens with zero attached hydrogens (tertiary/aromatic N) is 3. The van der Waals surface area contributed by atoms with Crippen molar-refractivity contribution < 1.29 is 0 Å². The average Bonchev–Trinajstić information content (AvgIpc) is 3.21. The molecule has 1 saturated carbocycles. The van der Waals surface area contributed by atoms with Crippen molar-refractivity contribution in [3.63, 3.8) is 0 Å². The molecule has 2 fully saturated rings. The summed E-state index contributed by atoms with van der Waals surface area (Å²) in [4.78, 5) is 11.8. The van der Waals surface area contributed by atoms with E-state index in [1.165, 1.54) is 18.6 Å². The largest absolute Gasteiger partial charge is 0.373 e. The highest BCUT2D eigenvalue weighted by Crippen LogP contribution is 2.39. The molecule has 4 nitrogen and oxygen atoms in total. The summed E-state index contributed by atoms with van der Waals surface area (Å²) in [5.74, 6) is 4.83. The fourth-order valence-corrected chi connectivity index (χ4v) is 3.59. The number of anilines is 2. The summed E-state index contributed by atoms with van der Waals surface area (Å²) in [7, 11) is 1.93. The molecule has 0 bridgehead atoms. The molecule has 104 valence electrons. The zero-order chi connectivity index (χ0) is 13.5. The molecule has 5 heteroatoms. The highest BCUT2D eigenvalue weighted by Gasteiger charge is 2.31. The van der Waals surface area contributed by atoms with E-state index in [9.17, 15) is 0 Å². The van der Waals surface area contributed by atoms with Gasteiger partial charge in [-0.15, -0.1) is 0 Å². The first-order valence-electron chi connectivity index (χ1n) is 7.03. The van der Waals surface area contributed by atoms with Gasteiger partial charge in [-0.3, -0.25) is 0 Å². The minimum atomic E-state index is 0.308. The summed E-state index contributed by atoms with van der Waals surface area (Å²) in [6.45, 7) is 6.76. The van der Waals surface area contributed by atoms with E-state index in [1.54, 1.807) is 0 Å². The Kier molecular flexibility index (Phi) is 3.33. The van der Waals surface area contributed by atoms with Crippen molar-refractivity contribution in [3.05, 3.63) is 11.9 Å². The summed E-state index contributed by atoms with van der Waals surface area (Å²) in [6.07, 6.45) is 2.49. The van der Waals surface area contributed by atoms with E-state index < -0.39 is 0 Å². The van der Waals surface area contributed by atoms with Gasteiger partial charge in [-0.05, 0) is 26.7 Å². The topological polar surface area (TPSA) is 41.0 Å². The molecule has 0 aromatic carbocycles. The average molecular weight is 278 g/mol. The Balaban J connectivity index is 1.88. The molecule has 1 saturated heterocycles. The van der Waals surface area contributed by atoms with Gasteiger partial charge in [-0.1, -0.05) is 0 Å². The van der Waals surface area contributed by atoms with Crippen LogP contribution in [0, 0.1) is 0 Å². The molecule has 2 aliphatic rings. The van der Waals surface area contributed by atoms with E-state index in [4.69, 9.17) is 4.98 Å². The van der Waals surface area contributed by atoms with Gasteiger partial charge in [-0.25, -0.2) is 9.97 Å². The monoisotopic (exact) mass is 278 g/mol. The molecule has 3 rings (SSSR count). The molecular formula is C14H22N4S. The van der Waals surface area contributed by atoms with Gasteiger partial charge in [0.15, 0.2) is 0 Å². The normalized spacial score (nSPS) is 22.4. The zero-order valence-electron chi connectivity index (χ0n) is 11.9. The van der Waals surface area contributed by atoms with Crippen molar-refractivity contribution in [1.29, 1.82) is 0 Å². The maximum atomic E-state index is 4.80. The molecule has 19 heavy (non-hydrogen) atoms. The van der Waals surface area contributed by atoms with Gasteiger partial charge in [0, 0.05) is 42.6 Å². The first kappa shape index (κ1) is 13.0. The molecule has 1 aliphatic heterocycles. The summed E-state index contributed by atoms with van der Waals surface area (Å²) < 4.78 is 0.308. The molecule has 0 amide bonds. The van der Waals surface area contributed by atoms with Crippen molar-refractivity contribution in [3.8, 4) is 0 Å². The smallest absolute Gasteiger partial charge is 0.136 e. The first-order chi connectivity index (χ1) is 9.07. The third-order valence-electron chi connectivity index (χ3n) is 3.68. The highest BCUT2D eigenvalue weighted by molar-refractivity contribution is 8.00. The molecule has 0 spiro atoms. The Labute approximate surface area is 119 Å². The standard InChI is InChI=1S/C14H22N4S/c1-14(2)9-18(6-7-19-14)12-8-11(15-3)16-13(17-12)10-4-5-10/h8,10H,4-7,9H2,1-3H3,(H,15,16,17). The second kappa shape index (κ2) is 4.85. The van der Waals surface area contributed by atoms with Crippen LogP contribution >= 0.6 is 11.8 Å². The minimum Gasteiger partial charge on any atom is -0.373 e. The van der Waals surface area contributed by atoms with Crippen LogP contribution in [0.25, 0.3) is 0 Å². The van der Waals surface area contributed by atoms with Crippen molar-refractivity contribution in [1.82, 2.24) is 9.97 Å². The van der Waals surface area contributed by atoms with Crippen LogP contribution in [-0.4, -0.2) is 40.6 Å². The maximum absolute atomic E-state index is 4.80. The minimum absolute atomic E-state index is 0.308. The summed E-state index contributed by atoms with van der Waals surface area (Å²) in [5, 5.41) is 3.17. The van der Waals surface area contributed by atoms with Crippen LogP contribution in [-0.2, 0) is 0 Å². The fourth-order valence-electron chi connectivity index (χ4n) is 2.48. The second-order valence-corrected chi connectivity index (χ2v) is 7.83. The molecule has 1 aromatic rings. The molecule has 0 atom stereocenters. The van der Waals surface area contributed by atoms with Gasteiger partial charge >= 0.3 is 0 Å². The molecule has 2 heterocycles. The number of aromatic nitrogens is 2. The van der Waals surface area contributed by atoms with Gasteiger partial charge in [-0.2, -0.15) is 11.8 Å². The number of thioether (sulfide) groups is 1. The number of rotatable bonds is 3. The molecule has 1 aromatic heterocycles. The molecule has 1 aliphatic carbocycles. The summed E-state index contributed by atoms with van der Waals surface area (Å²) in [6, 6.07) is 2.08. The van der Waals surface area contributed by atoms with Gasteiger partial charge < -0.3 is 10.2 Å². The van der Waals surface area contributed by atoms with Crippen LogP contribution in [0.4, 0.5) is 11.6 Å². The van der Waals surface area contributed by atoms with Gasteiger partial charge in [0.1, 0.15) is 17.5 Å². The van der Waals surface area contributed by atoms with Crippen molar-refractivity contribution >= 4 is 23.4 Å². The molecule has 0 unspecified atom stereocenters. The van der Waals surface area contributed by atoms with E-state index in [1.807, 2.05) is 7.05 Å². The zero-order valence-corrected chi connectivity index (χ0v) is 12.8. The molecule has 1 N–H and O–H groups in total. The lowest BCUT2D eigenvalue weighted by atomic mass is 10.2. The number of hydrogen-bond acceptors (Lipinski definition) is 5. The van der Waals surface area contributed by atoms with E-state index in [2.05, 4.69) is 46.9 Å². The second-order valence-electron chi connectivity index (χ2n) is 6.02. The lowest BCUT2D eigenvalue weighted by molar-refractivity contribution is 0.640. The third-order valence-corrected chi connectivity index (χ3v) is 4.98. The van der Waals surface area contributed by atoms with Gasteiger partial charge in [0.2, 0.25) is 0 Å². The Morgan fingerprint density at radius 1 is 1.37 bits per heavy atom. The lowest BCUT2D eigenvalue weighted by Crippen LogP contribution is -2.43. The Morgan fingerprint density at radius 3 is 2.79 bits per heavy atom. The summed E-state index contributed by atoms with van der Waals surface area (Å²) >= 11 is 2.05. The van der Waals surface area contributed by atoms with Crippen LogP contribution < -0.4 is 10.2 Å². The van der Waals surface area contributed by atoms with Crippen LogP contribution in [0.15, 0.2) is 6.07 Å². The predicted molar refractivity (Wildman–Crippen MR) is 82.3 cm³/mol. The number of hydrogen-bond donors (Lipinski definition) is 1. The van der Waals surface area contributed by atoms with Crippen molar-refractivity contribution in [2.45, 2.75) is 37.4 Å². The predicted octanol–water partition coefficient (Wildman–Crippen LogP) is 2.73.